The lowest BCUT2D eigenvalue weighted by Crippen LogP contribution is -2.41. The topological polar surface area (TPSA) is 53.1 Å². The van der Waals surface area contributed by atoms with Gasteiger partial charge in [0.05, 0.1) is 24.1 Å². The van der Waals surface area contributed by atoms with Crippen molar-refractivity contribution in [2.24, 2.45) is 7.05 Å². The number of benzene rings is 3. The average molecular weight is 552 g/mol. The van der Waals surface area contributed by atoms with Crippen LogP contribution in [0.5, 0.6) is 11.8 Å². The highest BCUT2D eigenvalue weighted by Crippen LogP contribution is 2.55. The lowest BCUT2D eigenvalue weighted by atomic mass is 10.0. The van der Waals surface area contributed by atoms with Crippen LogP contribution < -0.4 is 29.1 Å². The van der Waals surface area contributed by atoms with Crippen molar-refractivity contribution in [1.29, 1.82) is 0 Å². The first-order valence-electron chi connectivity index (χ1n) is 13.7. The molecule has 0 saturated carbocycles. The molecule has 3 aliphatic rings. The molecule has 9 rings (SSSR count). The second kappa shape index (κ2) is 8.02. The third kappa shape index (κ3) is 2.88. The Morgan fingerprint density at radius 1 is 0.854 bits per heavy atom. The van der Waals surface area contributed by atoms with E-state index in [2.05, 4.69) is 66.9 Å². The van der Waals surface area contributed by atoms with Gasteiger partial charge in [-0.1, -0.05) is 35.0 Å². The van der Waals surface area contributed by atoms with Crippen molar-refractivity contribution in [2.75, 3.05) is 0 Å². The predicted molar refractivity (Wildman–Crippen MR) is 162 cm³/mol. The molecule has 3 aromatic heterocycles. The van der Waals surface area contributed by atoms with Crippen LogP contribution in [0.1, 0.15) is 5.56 Å². The number of nitrogens with zero attached hydrogens (tertiary/aromatic N) is 4. The third-order valence-electron chi connectivity index (χ3n) is 8.57. The molecule has 0 amide bonds. The van der Waals surface area contributed by atoms with Gasteiger partial charge in [-0.05, 0) is 53.6 Å². The normalized spacial score (nSPS) is 17.7. The fraction of sp³-hybridized carbons (Fsp3) is 0.0588. The summed E-state index contributed by atoms with van der Waals surface area (Å²) >= 11 is 0. The zero-order chi connectivity index (χ0) is 27.3. The van der Waals surface area contributed by atoms with Gasteiger partial charge in [0.1, 0.15) is 11.2 Å². The molecule has 0 saturated heterocycles. The molecule has 2 bridgehead atoms. The number of pyridine rings is 2. The maximum Gasteiger partial charge on any atom is 0.376 e. The van der Waals surface area contributed by atoms with E-state index in [9.17, 15) is 0 Å². The van der Waals surface area contributed by atoms with Crippen LogP contribution in [-0.4, -0.2) is 16.2 Å². The van der Waals surface area contributed by atoms with Gasteiger partial charge in [-0.3, -0.25) is 0 Å². The molecule has 6 heterocycles. The molecule has 1 atom stereocenters. The Labute approximate surface area is 235 Å². The van der Waals surface area contributed by atoms with E-state index in [1.54, 1.807) is 6.21 Å². The van der Waals surface area contributed by atoms with Gasteiger partial charge in [0.25, 0.3) is 24.9 Å². The molecule has 41 heavy (non-hydrogen) atoms. The van der Waals surface area contributed by atoms with Crippen LogP contribution in [-0.2, 0) is 18.2 Å². The van der Waals surface area contributed by atoms with Crippen molar-refractivity contribution in [2.45, 2.75) is 6.54 Å². The molecule has 0 radical (unpaired) electrons. The van der Waals surface area contributed by atoms with E-state index >= 15 is 4.57 Å². The maximum absolute atomic E-state index is 15.6. The molecule has 0 N–H and O–H groups in total. The second-order valence-electron chi connectivity index (χ2n) is 10.7. The number of hydrogen-bond donors (Lipinski definition) is 0. The number of ether oxygens (including phenoxy) is 1. The largest absolute Gasteiger partial charge is 0.376 e. The van der Waals surface area contributed by atoms with Crippen molar-refractivity contribution in [3.8, 4) is 28.6 Å². The van der Waals surface area contributed by atoms with Crippen molar-refractivity contribution in [3.63, 3.8) is 0 Å². The lowest BCUT2D eigenvalue weighted by Gasteiger charge is -2.17. The monoisotopic (exact) mass is 551 g/mol. The molecule has 7 heteroatoms. The lowest BCUT2D eigenvalue weighted by molar-refractivity contribution is -0.700. The summed E-state index contributed by atoms with van der Waals surface area (Å²) < 4.78 is 33.4. The van der Waals surface area contributed by atoms with E-state index < -0.39 is 7.14 Å². The summed E-state index contributed by atoms with van der Waals surface area (Å²) in [5.74, 6) is 1.46. The SMILES string of the molecule is C[n+]1c2ccc3c4ccccc4n(c31)-c1ccc3c(c1C[n+]1ccccc1O2)P(=O)(C1=[N+]=CC=C1)c1ccccc1-3. The van der Waals surface area contributed by atoms with Crippen LogP contribution in [0.2, 0.25) is 0 Å². The Morgan fingerprint density at radius 2 is 1.71 bits per heavy atom. The van der Waals surface area contributed by atoms with Gasteiger partial charge in [0.15, 0.2) is 12.7 Å². The fourth-order valence-electron chi connectivity index (χ4n) is 6.81. The molecule has 3 aromatic carbocycles. The summed E-state index contributed by atoms with van der Waals surface area (Å²) in [5, 5.41) is 4.00. The molecule has 0 fully saturated rings. The fourth-order valence-corrected chi connectivity index (χ4v) is 9.98. The number of aryl methyl sites for hydroxylation is 1. The summed E-state index contributed by atoms with van der Waals surface area (Å²) in [5.41, 5.74) is 6.76. The summed E-state index contributed by atoms with van der Waals surface area (Å²) in [7, 11) is -1.23. The molecule has 194 valence electrons. The van der Waals surface area contributed by atoms with Crippen molar-refractivity contribution in [1.82, 2.24) is 9.24 Å². The Kier molecular flexibility index (Phi) is 4.45. The summed E-state index contributed by atoms with van der Waals surface area (Å²) in [4.78, 5) is 0. The van der Waals surface area contributed by atoms with E-state index in [4.69, 9.17) is 4.74 Å². The molecule has 0 spiro atoms. The Bertz CT molecular complexity index is 2310. The van der Waals surface area contributed by atoms with Gasteiger partial charge in [0.2, 0.25) is 0 Å². The van der Waals surface area contributed by atoms with E-state index in [0.717, 1.165) is 60.8 Å². The zero-order valence-electron chi connectivity index (χ0n) is 22.2. The van der Waals surface area contributed by atoms with Gasteiger partial charge in [-0.2, -0.15) is 13.7 Å². The van der Waals surface area contributed by atoms with Crippen LogP contribution in [0.3, 0.4) is 0 Å². The van der Waals surface area contributed by atoms with Gasteiger partial charge < -0.3 is 9.30 Å². The first-order valence-corrected chi connectivity index (χ1v) is 15.4. The average Bonchev–Trinajstić information content (AvgIpc) is 3.72. The van der Waals surface area contributed by atoms with Crippen molar-refractivity contribution < 1.29 is 18.4 Å². The third-order valence-corrected chi connectivity index (χ3v) is 11.7. The van der Waals surface area contributed by atoms with Crippen molar-refractivity contribution in [3.05, 3.63) is 115 Å². The van der Waals surface area contributed by atoms with E-state index in [1.165, 1.54) is 0 Å². The van der Waals surface area contributed by atoms with Crippen LogP contribution in [0.25, 0.3) is 38.8 Å². The van der Waals surface area contributed by atoms with E-state index in [0.29, 0.717) is 17.9 Å². The van der Waals surface area contributed by atoms with Crippen LogP contribution in [0.4, 0.5) is 0 Å². The highest BCUT2D eigenvalue weighted by molar-refractivity contribution is 7.94. The highest BCUT2D eigenvalue weighted by Gasteiger charge is 2.51. The number of aromatic nitrogens is 3. The Balaban J connectivity index is 1.50. The molecule has 6 nitrogen and oxygen atoms in total. The smallest absolute Gasteiger partial charge is 0.367 e. The minimum absolute atomic E-state index is 0.482. The van der Waals surface area contributed by atoms with E-state index in [1.807, 2.05) is 67.9 Å². The van der Waals surface area contributed by atoms with Gasteiger partial charge in [-0.15, -0.1) is 0 Å². The van der Waals surface area contributed by atoms with Gasteiger partial charge in [0, 0.05) is 40.3 Å². The van der Waals surface area contributed by atoms with Crippen LogP contribution >= 0.6 is 7.14 Å². The molecular weight excluding hydrogens is 527 g/mol. The molecule has 1 unspecified atom stereocenters. The predicted octanol–water partition coefficient (Wildman–Crippen LogP) is 4.45. The molecule has 6 aromatic rings. The number of rotatable bonds is 1. The second-order valence-corrected chi connectivity index (χ2v) is 13.3. The number of hydrogen-bond acceptors (Lipinski definition) is 2. The van der Waals surface area contributed by atoms with E-state index in [-0.39, 0.29) is 0 Å². The van der Waals surface area contributed by atoms with Gasteiger partial charge >= 0.3 is 11.3 Å². The molecular formula is C34H24N4O2P+3. The molecule has 3 aliphatic heterocycles. The quantitative estimate of drug-likeness (QED) is 0.172. The standard InChI is InChI=1S/C34H24N4O2P/c1-36-31-18-16-25-22-9-2-4-11-27(22)38(34(25)36)28-17-15-24-23-10-3-5-12-29(23)41(39,30-13-8-19-35-30)33(24)26(28)21-37-20-7-6-14-32(37)40-31/h2-20H,21H2,1H3/q+3. The first kappa shape index (κ1) is 22.8. The summed E-state index contributed by atoms with van der Waals surface area (Å²) in [6.45, 7) is 0.482. The Morgan fingerprint density at radius 3 is 2.61 bits per heavy atom. The number of fused-ring (bicyclic) bond motifs is 11. The van der Waals surface area contributed by atoms with Gasteiger partial charge in [-0.25, -0.2) is 0 Å². The Hall–Kier alpha value is -5.02. The maximum atomic E-state index is 15.6. The van der Waals surface area contributed by atoms with Crippen LogP contribution in [0.15, 0.2) is 109 Å². The molecule has 0 aliphatic carbocycles. The number of para-hydroxylation sites is 1. The van der Waals surface area contributed by atoms with Crippen LogP contribution in [0, 0.1) is 0 Å². The highest BCUT2D eigenvalue weighted by atomic mass is 31.2. The zero-order valence-corrected chi connectivity index (χ0v) is 23.1. The minimum Gasteiger partial charge on any atom is -0.367 e. The number of allylic oxidation sites excluding steroid dienone is 2. The van der Waals surface area contributed by atoms with Crippen molar-refractivity contribution >= 4 is 51.4 Å². The minimum atomic E-state index is -3.28. The summed E-state index contributed by atoms with van der Waals surface area (Å²) in [6.07, 6.45) is 7.55. The summed E-state index contributed by atoms with van der Waals surface area (Å²) in [6, 6.07) is 31.1. The first-order chi connectivity index (χ1) is 20.1.